The zero-order valence-corrected chi connectivity index (χ0v) is 10.7. The molecule has 0 saturated heterocycles. The Hall–Kier alpha value is -0.160. The SMILES string of the molecule is CC(NCCSC(F)(F)F)C1CC2C=CC1C2. The lowest BCUT2D eigenvalue weighted by Gasteiger charge is -2.26. The van der Waals surface area contributed by atoms with Crippen molar-refractivity contribution in [1.82, 2.24) is 5.32 Å². The minimum atomic E-state index is -4.10. The van der Waals surface area contributed by atoms with E-state index in [9.17, 15) is 13.2 Å². The third-order valence-corrected chi connectivity index (χ3v) is 4.54. The highest BCUT2D eigenvalue weighted by atomic mass is 32.2. The monoisotopic (exact) mass is 265 g/mol. The van der Waals surface area contributed by atoms with Crippen molar-refractivity contribution in [3.63, 3.8) is 0 Å². The quantitative estimate of drug-likeness (QED) is 0.604. The number of nitrogens with one attached hydrogen (secondary N) is 1. The Labute approximate surface area is 104 Å². The molecule has 1 saturated carbocycles. The first-order chi connectivity index (χ1) is 7.96. The van der Waals surface area contributed by atoms with Crippen molar-refractivity contribution in [2.24, 2.45) is 17.8 Å². The van der Waals surface area contributed by atoms with Gasteiger partial charge in [-0.25, -0.2) is 0 Å². The third-order valence-electron chi connectivity index (χ3n) is 3.81. The highest BCUT2D eigenvalue weighted by Gasteiger charge is 2.38. The minimum Gasteiger partial charge on any atom is -0.313 e. The fourth-order valence-electron chi connectivity index (χ4n) is 3.00. The van der Waals surface area contributed by atoms with Gasteiger partial charge in [0.05, 0.1) is 0 Å². The molecule has 1 fully saturated rings. The van der Waals surface area contributed by atoms with Crippen LogP contribution >= 0.6 is 11.8 Å². The van der Waals surface area contributed by atoms with Gasteiger partial charge in [0.1, 0.15) is 0 Å². The predicted octanol–water partition coefficient (Wildman–Crippen LogP) is 3.43. The summed E-state index contributed by atoms with van der Waals surface area (Å²) in [6.07, 6.45) is 7.00. The topological polar surface area (TPSA) is 12.0 Å². The van der Waals surface area contributed by atoms with Crippen LogP contribution in [0, 0.1) is 17.8 Å². The lowest BCUT2D eigenvalue weighted by atomic mass is 9.87. The Morgan fingerprint density at radius 1 is 1.35 bits per heavy atom. The second-order valence-electron chi connectivity index (χ2n) is 4.98. The molecular weight excluding hydrogens is 247 g/mol. The molecule has 0 amide bonds. The van der Waals surface area contributed by atoms with Gasteiger partial charge in [-0.2, -0.15) is 13.2 Å². The number of thioether (sulfide) groups is 1. The number of hydrogen-bond donors (Lipinski definition) is 1. The summed E-state index contributed by atoms with van der Waals surface area (Å²) in [7, 11) is 0. The van der Waals surface area contributed by atoms with Crippen LogP contribution in [-0.2, 0) is 0 Å². The maximum atomic E-state index is 11.9. The van der Waals surface area contributed by atoms with E-state index >= 15 is 0 Å². The smallest absolute Gasteiger partial charge is 0.313 e. The molecule has 0 heterocycles. The second kappa shape index (κ2) is 5.22. The summed E-state index contributed by atoms with van der Waals surface area (Å²) in [5, 5.41) is 3.23. The van der Waals surface area contributed by atoms with E-state index in [4.69, 9.17) is 0 Å². The largest absolute Gasteiger partial charge is 0.441 e. The van der Waals surface area contributed by atoms with Crippen molar-refractivity contribution < 1.29 is 13.2 Å². The molecule has 5 heteroatoms. The highest BCUT2D eigenvalue weighted by molar-refractivity contribution is 8.00. The molecule has 2 aliphatic carbocycles. The van der Waals surface area contributed by atoms with E-state index in [-0.39, 0.29) is 17.5 Å². The van der Waals surface area contributed by atoms with Crippen LogP contribution in [0.3, 0.4) is 0 Å². The fraction of sp³-hybridized carbons (Fsp3) is 0.833. The average Bonchev–Trinajstić information content (AvgIpc) is 2.84. The molecule has 0 radical (unpaired) electrons. The van der Waals surface area contributed by atoms with Crippen molar-refractivity contribution in [1.29, 1.82) is 0 Å². The molecule has 0 aromatic rings. The van der Waals surface area contributed by atoms with Gasteiger partial charge in [0, 0.05) is 18.3 Å². The van der Waals surface area contributed by atoms with E-state index in [1.54, 1.807) is 0 Å². The molecule has 17 heavy (non-hydrogen) atoms. The van der Waals surface area contributed by atoms with Crippen LogP contribution in [-0.4, -0.2) is 23.8 Å². The number of rotatable bonds is 5. The average molecular weight is 265 g/mol. The molecule has 2 bridgehead atoms. The minimum absolute atomic E-state index is 0.0569. The normalized spacial score (nSPS) is 33.3. The van der Waals surface area contributed by atoms with Crippen LogP contribution in [0.5, 0.6) is 0 Å². The van der Waals surface area contributed by atoms with Gasteiger partial charge in [0.15, 0.2) is 0 Å². The molecule has 0 aliphatic heterocycles. The first kappa shape index (κ1) is 13.3. The van der Waals surface area contributed by atoms with Crippen molar-refractivity contribution in [3.8, 4) is 0 Å². The number of allylic oxidation sites excluding steroid dienone is 2. The maximum absolute atomic E-state index is 11.9. The Morgan fingerprint density at radius 3 is 2.65 bits per heavy atom. The van der Waals surface area contributed by atoms with Crippen LogP contribution in [0.2, 0.25) is 0 Å². The van der Waals surface area contributed by atoms with E-state index in [1.807, 2.05) is 0 Å². The molecule has 4 atom stereocenters. The van der Waals surface area contributed by atoms with Crippen LogP contribution in [0.25, 0.3) is 0 Å². The van der Waals surface area contributed by atoms with Gasteiger partial charge in [-0.15, -0.1) is 0 Å². The van der Waals surface area contributed by atoms with Crippen molar-refractivity contribution in [3.05, 3.63) is 12.2 Å². The first-order valence-corrected chi connectivity index (χ1v) is 7.06. The zero-order chi connectivity index (χ0) is 12.5. The molecule has 0 aromatic heterocycles. The van der Waals surface area contributed by atoms with Crippen molar-refractivity contribution in [2.45, 2.75) is 31.3 Å². The number of alkyl halides is 3. The van der Waals surface area contributed by atoms with Gasteiger partial charge in [-0.05, 0) is 49.3 Å². The lowest BCUT2D eigenvalue weighted by Crippen LogP contribution is -2.37. The van der Waals surface area contributed by atoms with Crippen molar-refractivity contribution >= 4 is 11.8 Å². The Kier molecular flexibility index (Phi) is 4.08. The van der Waals surface area contributed by atoms with Gasteiger partial charge in [-0.3, -0.25) is 0 Å². The number of fused-ring (bicyclic) bond motifs is 2. The van der Waals surface area contributed by atoms with E-state index in [1.165, 1.54) is 12.8 Å². The highest BCUT2D eigenvalue weighted by Crippen LogP contribution is 2.44. The molecule has 2 rings (SSSR count). The molecular formula is C12H18F3NS. The standard InChI is InChI=1S/C12H18F3NS/c1-8(16-4-5-17-12(13,14)15)11-7-9-2-3-10(11)6-9/h2-3,8-11,16H,4-7H2,1H3. The zero-order valence-electron chi connectivity index (χ0n) is 9.83. The Bertz CT molecular complexity index is 290. The summed E-state index contributed by atoms with van der Waals surface area (Å²) >= 11 is 0.0569. The summed E-state index contributed by atoms with van der Waals surface area (Å²) in [4.78, 5) is 0. The summed E-state index contributed by atoms with van der Waals surface area (Å²) in [5.41, 5.74) is -4.10. The molecule has 0 aromatic carbocycles. The maximum Gasteiger partial charge on any atom is 0.441 e. The molecule has 2 aliphatic rings. The van der Waals surface area contributed by atoms with E-state index in [0.717, 1.165) is 5.92 Å². The molecule has 98 valence electrons. The van der Waals surface area contributed by atoms with Crippen LogP contribution in [0.1, 0.15) is 19.8 Å². The number of hydrogen-bond acceptors (Lipinski definition) is 2. The van der Waals surface area contributed by atoms with Gasteiger partial charge in [0.2, 0.25) is 0 Å². The molecule has 4 unspecified atom stereocenters. The fourth-order valence-corrected chi connectivity index (χ4v) is 3.45. The summed E-state index contributed by atoms with van der Waals surface area (Å²) < 4.78 is 35.8. The number of halogens is 3. The van der Waals surface area contributed by atoms with Gasteiger partial charge in [-0.1, -0.05) is 12.2 Å². The third kappa shape index (κ3) is 3.65. The van der Waals surface area contributed by atoms with Crippen LogP contribution in [0.4, 0.5) is 13.2 Å². The van der Waals surface area contributed by atoms with Gasteiger partial charge >= 0.3 is 5.51 Å². The lowest BCUT2D eigenvalue weighted by molar-refractivity contribution is -0.0327. The summed E-state index contributed by atoms with van der Waals surface area (Å²) in [5.74, 6) is 2.09. The first-order valence-electron chi connectivity index (χ1n) is 6.08. The molecule has 0 spiro atoms. The summed E-state index contributed by atoms with van der Waals surface area (Å²) in [6, 6.07) is 0.323. The van der Waals surface area contributed by atoms with E-state index in [2.05, 4.69) is 24.4 Å². The second-order valence-corrected chi connectivity index (χ2v) is 6.14. The van der Waals surface area contributed by atoms with E-state index < -0.39 is 5.51 Å². The molecule has 1 nitrogen and oxygen atoms in total. The van der Waals surface area contributed by atoms with Crippen LogP contribution < -0.4 is 5.32 Å². The van der Waals surface area contributed by atoms with Gasteiger partial charge < -0.3 is 5.32 Å². The van der Waals surface area contributed by atoms with Crippen molar-refractivity contribution in [2.75, 3.05) is 12.3 Å². The van der Waals surface area contributed by atoms with Crippen LogP contribution in [0.15, 0.2) is 12.2 Å². The summed E-state index contributed by atoms with van der Waals surface area (Å²) in [6.45, 7) is 2.53. The molecule has 1 N–H and O–H groups in total. The van der Waals surface area contributed by atoms with Gasteiger partial charge in [0.25, 0.3) is 0 Å². The Balaban J connectivity index is 1.65. The van der Waals surface area contributed by atoms with E-state index in [0.29, 0.717) is 24.4 Å². The predicted molar refractivity (Wildman–Crippen MR) is 64.8 cm³/mol. The Morgan fingerprint density at radius 2 is 2.12 bits per heavy atom.